The molecule has 0 fully saturated rings. The molecule has 0 N–H and O–H groups in total. The van der Waals surface area contributed by atoms with E-state index in [0.717, 1.165) is 5.69 Å². The van der Waals surface area contributed by atoms with E-state index < -0.39 is 10.9 Å². The number of hydrogen-bond acceptors (Lipinski definition) is 6. The van der Waals surface area contributed by atoms with Crippen LogP contribution in [0, 0.1) is 21.4 Å². The first-order valence-corrected chi connectivity index (χ1v) is 9.72. The SMILES string of the molecule is CCOC(=O)c1c(-c2ccc(Oc3cccc([N+](=O)[O-])c3)cc2)c(C#N)c(CC)n1C. The van der Waals surface area contributed by atoms with Crippen molar-refractivity contribution in [1.82, 2.24) is 4.57 Å². The average Bonchev–Trinajstić information content (AvgIpc) is 3.06. The van der Waals surface area contributed by atoms with Crippen molar-refractivity contribution in [3.8, 4) is 28.7 Å². The fourth-order valence-corrected chi connectivity index (χ4v) is 3.47. The molecule has 0 atom stereocenters. The van der Waals surface area contributed by atoms with Gasteiger partial charge >= 0.3 is 5.97 Å². The van der Waals surface area contributed by atoms with E-state index in [2.05, 4.69) is 6.07 Å². The molecule has 1 heterocycles. The number of aromatic nitrogens is 1. The van der Waals surface area contributed by atoms with Crippen molar-refractivity contribution in [1.29, 1.82) is 5.26 Å². The van der Waals surface area contributed by atoms with E-state index in [0.29, 0.717) is 40.3 Å². The summed E-state index contributed by atoms with van der Waals surface area (Å²) in [6.07, 6.45) is 0.583. The Hall–Kier alpha value is -4.12. The van der Waals surface area contributed by atoms with Gasteiger partial charge in [-0.15, -0.1) is 0 Å². The molecule has 8 heteroatoms. The van der Waals surface area contributed by atoms with Crippen LogP contribution in [0.4, 0.5) is 5.69 Å². The van der Waals surface area contributed by atoms with Crippen LogP contribution in [0.2, 0.25) is 0 Å². The van der Waals surface area contributed by atoms with Crippen molar-refractivity contribution in [2.45, 2.75) is 20.3 Å². The number of benzene rings is 2. The van der Waals surface area contributed by atoms with Gasteiger partial charge in [0, 0.05) is 24.4 Å². The van der Waals surface area contributed by atoms with Crippen LogP contribution in [0.25, 0.3) is 11.1 Å². The Morgan fingerprint density at radius 3 is 2.45 bits per heavy atom. The van der Waals surface area contributed by atoms with Gasteiger partial charge in [-0.1, -0.05) is 25.1 Å². The number of nitrogens with zero attached hydrogens (tertiary/aromatic N) is 3. The number of esters is 1. The second kappa shape index (κ2) is 9.13. The first kappa shape index (κ1) is 21.6. The summed E-state index contributed by atoms with van der Waals surface area (Å²) in [5.41, 5.74) is 2.62. The Labute approximate surface area is 179 Å². The molecule has 0 bridgehead atoms. The van der Waals surface area contributed by atoms with E-state index in [9.17, 15) is 20.2 Å². The molecule has 2 aromatic carbocycles. The van der Waals surface area contributed by atoms with Gasteiger partial charge in [0.15, 0.2) is 0 Å². The molecule has 0 aliphatic heterocycles. The predicted molar refractivity (Wildman–Crippen MR) is 114 cm³/mol. The Morgan fingerprint density at radius 2 is 1.87 bits per heavy atom. The lowest BCUT2D eigenvalue weighted by molar-refractivity contribution is -0.384. The molecule has 0 spiro atoms. The summed E-state index contributed by atoms with van der Waals surface area (Å²) in [7, 11) is 1.75. The maximum absolute atomic E-state index is 12.6. The van der Waals surface area contributed by atoms with E-state index in [-0.39, 0.29) is 12.3 Å². The molecule has 0 amide bonds. The van der Waals surface area contributed by atoms with Gasteiger partial charge < -0.3 is 14.0 Å². The molecule has 0 saturated heterocycles. The van der Waals surface area contributed by atoms with Crippen molar-refractivity contribution in [3.05, 3.63) is 75.6 Å². The number of nitriles is 1. The van der Waals surface area contributed by atoms with Crippen molar-refractivity contribution in [3.63, 3.8) is 0 Å². The third-order valence-electron chi connectivity index (χ3n) is 4.84. The van der Waals surface area contributed by atoms with E-state index in [1.54, 1.807) is 54.9 Å². The molecule has 0 aliphatic carbocycles. The Morgan fingerprint density at radius 1 is 1.16 bits per heavy atom. The highest BCUT2D eigenvalue weighted by atomic mass is 16.6. The number of nitro groups is 1. The first-order chi connectivity index (χ1) is 14.9. The lowest BCUT2D eigenvalue weighted by atomic mass is 10.00. The molecule has 158 valence electrons. The number of carbonyl (C=O) groups is 1. The number of nitro benzene ring substituents is 1. The topological polar surface area (TPSA) is 107 Å². The summed E-state index contributed by atoms with van der Waals surface area (Å²) in [5, 5.41) is 20.7. The predicted octanol–water partition coefficient (Wildman–Crippen LogP) is 5.00. The third-order valence-corrected chi connectivity index (χ3v) is 4.84. The van der Waals surface area contributed by atoms with Gasteiger partial charge in [-0.05, 0) is 37.1 Å². The second-order valence-corrected chi connectivity index (χ2v) is 6.67. The normalized spacial score (nSPS) is 10.4. The van der Waals surface area contributed by atoms with Crippen molar-refractivity contribution < 1.29 is 19.2 Å². The first-order valence-electron chi connectivity index (χ1n) is 9.72. The second-order valence-electron chi connectivity index (χ2n) is 6.67. The summed E-state index contributed by atoms with van der Waals surface area (Å²) in [4.78, 5) is 23.1. The zero-order valence-corrected chi connectivity index (χ0v) is 17.4. The fourth-order valence-electron chi connectivity index (χ4n) is 3.47. The number of carbonyl (C=O) groups excluding carboxylic acids is 1. The smallest absolute Gasteiger partial charge is 0.355 e. The lowest BCUT2D eigenvalue weighted by Crippen LogP contribution is -2.12. The highest BCUT2D eigenvalue weighted by Gasteiger charge is 2.26. The van der Waals surface area contributed by atoms with Crippen molar-refractivity contribution in [2.24, 2.45) is 7.05 Å². The molecule has 3 rings (SSSR count). The monoisotopic (exact) mass is 419 g/mol. The van der Waals surface area contributed by atoms with E-state index in [1.165, 1.54) is 12.1 Å². The lowest BCUT2D eigenvalue weighted by Gasteiger charge is -2.09. The minimum atomic E-state index is -0.492. The Bertz CT molecular complexity index is 1170. The van der Waals surface area contributed by atoms with Crippen LogP contribution in [-0.2, 0) is 18.2 Å². The largest absolute Gasteiger partial charge is 0.461 e. The van der Waals surface area contributed by atoms with Crippen LogP contribution in [-0.4, -0.2) is 22.1 Å². The molecule has 0 saturated carbocycles. The molecule has 8 nitrogen and oxygen atoms in total. The van der Waals surface area contributed by atoms with Crippen LogP contribution in [0.5, 0.6) is 11.5 Å². The molecule has 0 aliphatic rings. The maximum Gasteiger partial charge on any atom is 0.355 e. The quantitative estimate of drug-likeness (QED) is 0.303. The highest BCUT2D eigenvalue weighted by molar-refractivity contribution is 5.98. The minimum absolute atomic E-state index is 0.0664. The van der Waals surface area contributed by atoms with Gasteiger partial charge in [-0.25, -0.2) is 4.79 Å². The molecule has 1 aromatic heterocycles. The summed E-state index contributed by atoms with van der Waals surface area (Å²) in [6.45, 7) is 3.88. The van der Waals surface area contributed by atoms with Crippen LogP contribution in [0.15, 0.2) is 48.5 Å². The van der Waals surface area contributed by atoms with Gasteiger partial charge in [0.05, 0.1) is 23.2 Å². The van der Waals surface area contributed by atoms with Crippen LogP contribution >= 0.6 is 0 Å². The molecule has 0 radical (unpaired) electrons. The van der Waals surface area contributed by atoms with E-state index in [4.69, 9.17) is 9.47 Å². The van der Waals surface area contributed by atoms with Gasteiger partial charge in [0.1, 0.15) is 23.3 Å². The molecule has 3 aromatic rings. The van der Waals surface area contributed by atoms with E-state index in [1.807, 2.05) is 6.92 Å². The van der Waals surface area contributed by atoms with Crippen molar-refractivity contribution >= 4 is 11.7 Å². The summed E-state index contributed by atoms with van der Waals surface area (Å²) in [5.74, 6) is 0.306. The summed E-state index contributed by atoms with van der Waals surface area (Å²) in [6, 6.07) is 15.0. The number of non-ortho nitro benzene ring substituents is 1. The summed E-state index contributed by atoms with van der Waals surface area (Å²) >= 11 is 0. The number of ether oxygens (including phenoxy) is 2. The van der Waals surface area contributed by atoms with Gasteiger partial charge in [0.2, 0.25) is 0 Å². The highest BCUT2D eigenvalue weighted by Crippen LogP contribution is 2.35. The molecule has 0 unspecified atom stereocenters. The summed E-state index contributed by atoms with van der Waals surface area (Å²) < 4.78 is 12.6. The van der Waals surface area contributed by atoms with Crippen LogP contribution in [0.1, 0.15) is 35.6 Å². The number of rotatable bonds is 7. The standard InChI is InChI=1S/C23H21N3O5/c1-4-20-19(14-24)21(22(25(20)3)23(27)30-5-2)15-9-11-17(12-10-15)31-18-8-6-7-16(13-18)26(28)29/h6-13H,4-5H2,1-3H3. The Balaban J connectivity index is 2.01. The fraction of sp³-hybridized carbons (Fsp3) is 0.217. The van der Waals surface area contributed by atoms with E-state index >= 15 is 0 Å². The van der Waals surface area contributed by atoms with Crippen molar-refractivity contribution in [2.75, 3.05) is 6.61 Å². The van der Waals surface area contributed by atoms with Gasteiger partial charge in [-0.3, -0.25) is 10.1 Å². The zero-order chi connectivity index (χ0) is 22.5. The number of hydrogen-bond donors (Lipinski definition) is 0. The molecular weight excluding hydrogens is 398 g/mol. The maximum atomic E-state index is 12.6. The average molecular weight is 419 g/mol. The third kappa shape index (κ3) is 4.26. The van der Waals surface area contributed by atoms with Gasteiger partial charge in [0.25, 0.3) is 5.69 Å². The Kier molecular flexibility index (Phi) is 6.36. The molecule has 31 heavy (non-hydrogen) atoms. The molecular formula is C23H21N3O5. The minimum Gasteiger partial charge on any atom is -0.461 e. The van der Waals surface area contributed by atoms with Gasteiger partial charge in [-0.2, -0.15) is 5.26 Å². The van der Waals surface area contributed by atoms with Crippen LogP contribution < -0.4 is 4.74 Å². The zero-order valence-electron chi connectivity index (χ0n) is 17.4. The van der Waals surface area contributed by atoms with Crippen LogP contribution in [0.3, 0.4) is 0 Å².